The first-order chi connectivity index (χ1) is 16.0. The average Bonchev–Trinajstić information content (AvgIpc) is 3.33. The number of amides is 3. The van der Waals surface area contributed by atoms with Gasteiger partial charge in [-0.3, -0.25) is 10.1 Å². The van der Waals surface area contributed by atoms with Crippen LogP contribution in [-0.4, -0.2) is 47.3 Å². The molecule has 2 fully saturated rings. The molecule has 6 rings (SSSR count). The van der Waals surface area contributed by atoms with Gasteiger partial charge in [-0.25, -0.2) is 14.8 Å². The van der Waals surface area contributed by atoms with Crippen LogP contribution in [0.4, 0.5) is 32.7 Å². The molecule has 2 atom stereocenters. The Balaban J connectivity index is 1.45. The Morgan fingerprint density at radius 2 is 1.97 bits per heavy atom. The van der Waals surface area contributed by atoms with E-state index in [2.05, 4.69) is 20.6 Å². The van der Waals surface area contributed by atoms with E-state index < -0.39 is 53.7 Å². The van der Waals surface area contributed by atoms with Gasteiger partial charge < -0.3 is 15.0 Å². The minimum absolute atomic E-state index is 0.00139. The quantitative estimate of drug-likeness (QED) is 0.506. The van der Waals surface area contributed by atoms with E-state index in [9.17, 15) is 31.5 Å². The number of halogens is 5. The Hall–Kier alpha value is -3.51. The SMILES string of the molecule is O=C1NC(=O)C2(COc3cc(-c4nc(N5CC[C@@H]5C(F)(F)F)nc5c4CCC5(F)F)ccc32)N1. The van der Waals surface area contributed by atoms with Gasteiger partial charge in [0.25, 0.3) is 11.8 Å². The highest BCUT2D eigenvalue weighted by Gasteiger charge is 2.54. The third-order valence-corrected chi connectivity index (χ3v) is 6.79. The molecule has 1 aromatic carbocycles. The number of rotatable bonds is 2. The van der Waals surface area contributed by atoms with Gasteiger partial charge in [0.2, 0.25) is 5.95 Å². The summed E-state index contributed by atoms with van der Waals surface area (Å²) in [5.74, 6) is -4.02. The maximum absolute atomic E-state index is 14.6. The second-order valence-corrected chi connectivity index (χ2v) is 8.76. The van der Waals surface area contributed by atoms with Crippen molar-refractivity contribution in [2.75, 3.05) is 18.1 Å². The van der Waals surface area contributed by atoms with Crippen LogP contribution >= 0.6 is 0 Å². The molecule has 0 saturated carbocycles. The lowest BCUT2D eigenvalue weighted by atomic mass is 9.91. The second kappa shape index (κ2) is 6.54. The van der Waals surface area contributed by atoms with Crippen LogP contribution in [0.5, 0.6) is 5.75 Å². The Morgan fingerprint density at radius 3 is 2.62 bits per heavy atom. The van der Waals surface area contributed by atoms with E-state index >= 15 is 0 Å². The number of fused-ring (bicyclic) bond motifs is 3. The summed E-state index contributed by atoms with van der Waals surface area (Å²) >= 11 is 0. The molecule has 0 radical (unpaired) electrons. The number of nitrogens with one attached hydrogen (secondary N) is 2. The van der Waals surface area contributed by atoms with E-state index in [1.165, 1.54) is 18.2 Å². The number of hydrogen-bond donors (Lipinski definition) is 2. The molecular weight excluding hydrogens is 465 g/mol. The fraction of sp³-hybridized carbons (Fsp3) is 0.429. The van der Waals surface area contributed by atoms with Crippen LogP contribution < -0.4 is 20.3 Å². The van der Waals surface area contributed by atoms with Crippen molar-refractivity contribution in [2.24, 2.45) is 0 Å². The molecule has 2 N–H and O–H groups in total. The van der Waals surface area contributed by atoms with Crippen LogP contribution in [0.25, 0.3) is 11.3 Å². The van der Waals surface area contributed by atoms with Crippen LogP contribution in [0, 0.1) is 0 Å². The van der Waals surface area contributed by atoms with Crippen LogP contribution in [0.1, 0.15) is 29.7 Å². The molecule has 4 aliphatic rings. The van der Waals surface area contributed by atoms with E-state index in [1.54, 1.807) is 0 Å². The van der Waals surface area contributed by atoms with Gasteiger partial charge in [-0.15, -0.1) is 0 Å². The second-order valence-electron chi connectivity index (χ2n) is 8.76. The first-order valence-electron chi connectivity index (χ1n) is 10.5. The zero-order valence-electron chi connectivity index (χ0n) is 17.3. The predicted octanol–water partition coefficient (Wildman–Crippen LogP) is 2.75. The predicted molar refractivity (Wildman–Crippen MR) is 105 cm³/mol. The molecule has 3 amide bonds. The normalized spacial score (nSPS) is 26.6. The molecule has 4 heterocycles. The van der Waals surface area contributed by atoms with Crippen LogP contribution in [-0.2, 0) is 22.7 Å². The van der Waals surface area contributed by atoms with E-state index in [0.717, 1.165) is 4.90 Å². The lowest BCUT2D eigenvalue weighted by molar-refractivity contribution is -0.160. The first kappa shape index (κ1) is 21.1. The third-order valence-electron chi connectivity index (χ3n) is 6.79. The van der Waals surface area contributed by atoms with Gasteiger partial charge in [-0.2, -0.15) is 22.0 Å². The number of carbonyl (C=O) groups excluding carboxylic acids is 2. The number of hydrogen-bond acceptors (Lipinski definition) is 6. The zero-order valence-corrected chi connectivity index (χ0v) is 17.3. The number of alkyl halides is 5. The fourth-order valence-corrected chi connectivity index (χ4v) is 4.93. The smallest absolute Gasteiger partial charge is 0.408 e. The highest BCUT2D eigenvalue weighted by molar-refractivity contribution is 6.08. The maximum atomic E-state index is 14.6. The van der Waals surface area contributed by atoms with Crippen LogP contribution in [0.2, 0.25) is 0 Å². The van der Waals surface area contributed by atoms with Gasteiger partial charge in [-0.1, -0.05) is 12.1 Å². The van der Waals surface area contributed by atoms with Crippen molar-refractivity contribution in [1.82, 2.24) is 20.6 Å². The standard InChI is InChI=1S/C21H16F5N5O3/c22-20(23)5-3-10-14(27-17(28-15(10)20)31-6-4-13(31)21(24,25)26)9-1-2-11-12(7-9)34-8-19(11)16(32)29-18(33)30-19/h1-2,7,13H,3-6,8H2,(H2,29,30,32,33)/t13-,19?/m1/s1. The van der Waals surface area contributed by atoms with E-state index in [-0.39, 0.29) is 43.0 Å². The largest absolute Gasteiger partial charge is 0.490 e. The summed E-state index contributed by atoms with van der Waals surface area (Å²) in [6, 6.07) is 2.03. The van der Waals surface area contributed by atoms with Crippen LogP contribution in [0.15, 0.2) is 18.2 Å². The van der Waals surface area contributed by atoms with Crippen molar-refractivity contribution in [1.29, 1.82) is 0 Å². The lowest BCUT2D eigenvalue weighted by Crippen LogP contribution is -2.56. The first-order valence-corrected chi connectivity index (χ1v) is 10.5. The molecule has 8 nitrogen and oxygen atoms in total. The highest BCUT2D eigenvalue weighted by atomic mass is 19.4. The van der Waals surface area contributed by atoms with Crippen molar-refractivity contribution in [2.45, 2.75) is 42.9 Å². The van der Waals surface area contributed by atoms with Crippen molar-refractivity contribution >= 4 is 17.9 Å². The van der Waals surface area contributed by atoms with Gasteiger partial charge >= 0.3 is 12.2 Å². The number of anilines is 1. The molecule has 3 aliphatic heterocycles. The third kappa shape index (κ3) is 2.81. The van der Waals surface area contributed by atoms with Crippen LogP contribution in [0.3, 0.4) is 0 Å². The molecule has 178 valence electrons. The summed E-state index contributed by atoms with van der Waals surface area (Å²) in [6.45, 7) is -0.159. The Morgan fingerprint density at radius 1 is 1.18 bits per heavy atom. The highest BCUT2D eigenvalue weighted by Crippen LogP contribution is 2.47. The molecule has 1 spiro atoms. The number of benzene rings is 1. The molecule has 1 aliphatic carbocycles. The molecule has 1 aromatic heterocycles. The summed E-state index contributed by atoms with van der Waals surface area (Å²) in [5.41, 5.74) is -0.984. The van der Waals surface area contributed by atoms with Gasteiger partial charge in [0.05, 0.1) is 5.69 Å². The molecule has 0 bridgehead atoms. The van der Waals surface area contributed by atoms with E-state index in [0.29, 0.717) is 11.1 Å². The summed E-state index contributed by atoms with van der Waals surface area (Å²) in [5, 5.41) is 4.70. The van der Waals surface area contributed by atoms with Gasteiger partial charge in [-0.05, 0) is 18.9 Å². The van der Waals surface area contributed by atoms with Gasteiger partial charge in [0.15, 0.2) is 5.54 Å². The molecule has 2 aromatic rings. The van der Waals surface area contributed by atoms with Gasteiger partial charge in [0.1, 0.15) is 24.1 Å². The fourth-order valence-electron chi connectivity index (χ4n) is 4.93. The number of ether oxygens (including phenoxy) is 1. The van der Waals surface area contributed by atoms with Crippen molar-refractivity contribution < 1.29 is 36.3 Å². The summed E-state index contributed by atoms with van der Waals surface area (Å²) in [6.07, 6.45) is -5.27. The van der Waals surface area contributed by atoms with Crippen molar-refractivity contribution in [3.63, 3.8) is 0 Å². The zero-order chi connectivity index (χ0) is 24.0. The van der Waals surface area contributed by atoms with E-state index in [4.69, 9.17) is 4.74 Å². The average molecular weight is 481 g/mol. The Kier molecular flexibility index (Phi) is 4.05. The number of imide groups is 1. The molecule has 2 saturated heterocycles. The number of aromatic nitrogens is 2. The molecular formula is C21H16F5N5O3. The molecule has 13 heteroatoms. The lowest BCUT2D eigenvalue weighted by Gasteiger charge is -2.42. The van der Waals surface area contributed by atoms with Gasteiger partial charge in [0, 0.05) is 29.7 Å². The number of carbonyl (C=O) groups is 2. The number of nitrogens with zero attached hydrogens (tertiary/aromatic N) is 3. The Labute approximate surface area is 188 Å². The topological polar surface area (TPSA) is 96.5 Å². The maximum Gasteiger partial charge on any atom is 0.408 e. The summed E-state index contributed by atoms with van der Waals surface area (Å²) < 4.78 is 74.7. The summed E-state index contributed by atoms with van der Waals surface area (Å²) in [7, 11) is 0. The minimum atomic E-state index is -4.54. The van der Waals surface area contributed by atoms with Crippen molar-refractivity contribution in [3.8, 4) is 17.0 Å². The number of urea groups is 1. The minimum Gasteiger partial charge on any atom is -0.490 e. The molecule has 1 unspecified atom stereocenters. The van der Waals surface area contributed by atoms with E-state index in [1.807, 2.05) is 0 Å². The summed E-state index contributed by atoms with van der Waals surface area (Å²) in [4.78, 5) is 33.0. The Bertz CT molecular complexity index is 1270. The molecule has 34 heavy (non-hydrogen) atoms. The monoisotopic (exact) mass is 481 g/mol. The van der Waals surface area contributed by atoms with Crippen molar-refractivity contribution in [3.05, 3.63) is 35.0 Å².